The first kappa shape index (κ1) is 17.6. The van der Waals surface area contributed by atoms with Crippen LogP contribution >= 0.6 is 0 Å². The maximum atomic E-state index is 12.1. The van der Waals surface area contributed by atoms with Gasteiger partial charge in [0.15, 0.2) is 5.82 Å². The van der Waals surface area contributed by atoms with Gasteiger partial charge < -0.3 is 14.3 Å². The molecule has 136 valence electrons. The van der Waals surface area contributed by atoms with Crippen LogP contribution in [-0.2, 0) is 31.2 Å². The van der Waals surface area contributed by atoms with Gasteiger partial charge in [-0.25, -0.2) is 0 Å². The summed E-state index contributed by atoms with van der Waals surface area (Å²) in [6.45, 7) is 6.87. The molecule has 3 rings (SSSR count). The molecule has 8 heteroatoms. The van der Waals surface area contributed by atoms with E-state index in [9.17, 15) is 4.79 Å². The molecule has 1 aliphatic heterocycles. The maximum Gasteiger partial charge on any atom is 0.226 e. The zero-order valence-electron chi connectivity index (χ0n) is 15.2. The van der Waals surface area contributed by atoms with Crippen molar-refractivity contribution in [2.75, 3.05) is 19.6 Å². The van der Waals surface area contributed by atoms with Crippen molar-refractivity contribution in [3.63, 3.8) is 0 Å². The molecule has 0 aliphatic carbocycles. The Morgan fingerprint density at radius 1 is 1.48 bits per heavy atom. The Balaban J connectivity index is 1.54. The smallest absolute Gasteiger partial charge is 0.226 e. The number of nitrogens with zero attached hydrogens (tertiary/aromatic N) is 6. The van der Waals surface area contributed by atoms with E-state index in [1.54, 1.807) is 6.92 Å². The molecule has 1 fully saturated rings. The number of aromatic nitrogens is 4. The number of likely N-dealkylation sites (tertiary alicyclic amines) is 1. The van der Waals surface area contributed by atoms with Crippen LogP contribution in [0.25, 0.3) is 0 Å². The first-order valence-electron chi connectivity index (χ1n) is 8.83. The van der Waals surface area contributed by atoms with E-state index >= 15 is 0 Å². The summed E-state index contributed by atoms with van der Waals surface area (Å²) >= 11 is 0. The number of amides is 1. The Hall–Kier alpha value is -2.22. The highest BCUT2D eigenvalue weighted by Gasteiger charge is 2.30. The van der Waals surface area contributed by atoms with Crippen molar-refractivity contribution in [1.29, 1.82) is 0 Å². The second-order valence-electron chi connectivity index (χ2n) is 6.62. The molecule has 0 unspecified atom stereocenters. The zero-order chi connectivity index (χ0) is 17.8. The van der Waals surface area contributed by atoms with Crippen molar-refractivity contribution in [2.24, 2.45) is 7.05 Å². The highest BCUT2D eigenvalue weighted by molar-refractivity contribution is 5.73. The van der Waals surface area contributed by atoms with Crippen LogP contribution in [0, 0.1) is 0 Å². The van der Waals surface area contributed by atoms with Crippen LogP contribution in [0.15, 0.2) is 16.9 Å². The van der Waals surface area contributed by atoms with E-state index < -0.39 is 0 Å². The van der Waals surface area contributed by atoms with Gasteiger partial charge in [-0.1, -0.05) is 12.1 Å². The van der Waals surface area contributed by atoms with Crippen LogP contribution in [0.5, 0.6) is 0 Å². The molecule has 0 aromatic carbocycles. The van der Waals surface area contributed by atoms with Gasteiger partial charge in [-0.15, -0.1) is 0 Å². The van der Waals surface area contributed by atoms with E-state index in [-0.39, 0.29) is 11.9 Å². The van der Waals surface area contributed by atoms with E-state index in [1.807, 2.05) is 29.7 Å². The van der Waals surface area contributed by atoms with Gasteiger partial charge in [0.25, 0.3) is 0 Å². The molecule has 2 aromatic heterocycles. The molecule has 0 N–H and O–H groups in total. The third-order valence-electron chi connectivity index (χ3n) is 4.69. The molecule has 8 nitrogen and oxygen atoms in total. The molecule has 1 amide bonds. The lowest BCUT2D eigenvalue weighted by atomic mass is 10.2. The molecule has 25 heavy (non-hydrogen) atoms. The molecule has 0 saturated carbocycles. The Labute approximate surface area is 147 Å². The zero-order valence-corrected chi connectivity index (χ0v) is 15.2. The average molecular weight is 346 g/mol. The van der Waals surface area contributed by atoms with E-state index in [0.717, 1.165) is 32.5 Å². The molecular weight excluding hydrogens is 320 g/mol. The minimum atomic E-state index is 0.0574. The Bertz CT molecular complexity index is 710. The van der Waals surface area contributed by atoms with Crippen molar-refractivity contribution >= 4 is 5.91 Å². The fourth-order valence-electron chi connectivity index (χ4n) is 3.31. The molecule has 0 spiro atoms. The minimum Gasteiger partial charge on any atom is -0.339 e. The number of hydrogen-bond acceptors (Lipinski definition) is 6. The molecule has 1 atom stereocenters. The van der Waals surface area contributed by atoms with Gasteiger partial charge in [-0.3, -0.25) is 9.48 Å². The Morgan fingerprint density at radius 2 is 2.32 bits per heavy atom. The molecule has 2 aromatic rings. The van der Waals surface area contributed by atoms with Gasteiger partial charge in [0.05, 0.1) is 12.7 Å². The molecule has 1 aliphatic rings. The Morgan fingerprint density at radius 3 is 2.96 bits per heavy atom. The van der Waals surface area contributed by atoms with Gasteiger partial charge in [-0.05, 0) is 18.4 Å². The second-order valence-corrected chi connectivity index (χ2v) is 6.62. The van der Waals surface area contributed by atoms with Crippen molar-refractivity contribution in [2.45, 2.75) is 45.7 Å². The third-order valence-corrected chi connectivity index (χ3v) is 4.69. The number of rotatable bonds is 7. The van der Waals surface area contributed by atoms with E-state index in [0.29, 0.717) is 24.7 Å². The van der Waals surface area contributed by atoms with Crippen LogP contribution in [0.4, 0.5) is 0 Å². The molecule has 3 heterocycles. The van der Waals surface area contributed by atoms with E-state index in [4.69, 9.17) is 4.52 Å². The van der Waals surface area contributed by atoms with Gasteiger partial charge in [0.1, 0.15) is 0 Å². The monoisotopic (exact) mass is 346 g/mol. The van der Waals surface area contributed by atoms with Crippen molar-refractivity contribution in [3.8, 4) is 0 Å². The van der Waals surface area contributed by atoms with E-state index in [1.165, 1.54) is 5.56 Å². The minimum absolute atomic E-state index is 0.0574. The summed E-state index contributed by atoms with van der Waals surface area (Å²) in [6.07, 6.45) is 6.63. The van der Waals surface area contributed by atoms with Crippen LogP contribution in [-0.4, -0.2) is 61.3 Å². The molecule has 1 saturated heterocycles. The third kappa shape index (κ3) is 4.45. The van der Waals surface area contributed by atoms with Crippen molar-refractivity contribution < 1.29 is 9.32 Å². The summed E-state index contributed by atoms with van der Waals surface area (Å²) in [6, 6.07) is 0.204. The molecular formula is C17H26N6O2. The quantitative estimate of drug-likeness (QED) is 0.745. The highest BCUT2D eigenvalue weighted by atomic mass is 16.5. The molecule has 0 radical (unpaired) electrons. The standard InChI is InChI=1S/C17H26N6O2/c1-4-17-19-16(20-25-17)12-23(13(2)24)15-6-8-22(11-15)7-5-14-9-18-21(3)10-14/h9-10,15H,4-8,11-12H2,1-3H3/t15-/m1/s1. The van der Waals surface area contributed by atoms with Crippen LogP contribution in [0.1, 0.15) is 37.5 Å². The number of aryl methyl sites for hydroxylation is 2. The van der Waals surface area contributed by atoms with Gasteiger partial charge in [-0.2, -0.15) is 10.1 Å². The predicted molar refractivity (Wildman–Crippen MR) is 91.7 cm³/mol. The topological polar surface area (TPSA) is 80.3 Å². The van der Waals surface area contributed by atoms with Crippen LogP contribution in [0.3, 0.4) is 0 Å². The van der Waals surface area contributed by atoms with Crippen molar-refractivity contribution in [1.82, 2.24) is 29.7 Å². The summed E-state index contributed by atoms with van der Waals surface area (Å²) in [5.74, 6) is 1.26. The van der Waals surface area contributed by atoms with E-state index in [2.05, 4.69) is 26.3 Å². The van der Waals surface area contributed by atoms with Crippen molar-refractivity contribution in [3.05, 3.63) is 29.7 Å². The second kappa shape index (κ2) is 7.77. The first-order chi connectivity index (χ1) is 12.0. The summed E-state index contributed by atoms with van der Waals surface area (Å²) in [4.78, 5) is 20.7. The highest BCUT2D eigenvalue weighted by Crippen LogP contribution is 2.18. The summed E-state index contributed by atoms with van der Waals surface area (Å²) in [7, 11) is 1.93. The normalized spacial score (nSPS) is 18.0. The Kier molecular flexibility index (Phi) is 5.47. The average Bonchev–Trinajstić information content (AvgIpc) is 3.31. The largest absolute Gasteiger partial charge is 0.339 e. The predicted octanol–water partition coefficient (Wildman–Crippen LogP) is 1.03. The maximum absolute atomic E-state index is 12.1. The van der Waals surface area contributed by atoms with Gasteiger partial charge in [0, 0.05) is 52.3 Å². The lowest BCUT2D eigenvalue weighted by molar-refractivity contribution is -0.131. The SMILES string of the molecule is CCc1nc(CN(C(C)=O)[C@@H]2CCN(CCc3cnn(C)c3)C2)no1. The number of carbonyl (C=O) groups excluding carboxylic acids is 1. The van der Waals surface area contributed by atoms with Gasteiger partial charge >= 0.3 is 0 Å². The summed E-state index contributed by atoms with van der Waals surface area (Å²) in [5.41, 5.74) is 1.24. The van der Waals surface area contributed by atoms with Gasteiger partial charge in [0.2, 0.25) is 11.8 Å². The fraction of sp³-hybridized carbons (Fsp3) is 0.647. The van der Waals surface area contributed by atoms with Crippen LogP contribution in [0.2, 0.25) is 0 Å². The van der Waals surface area contributed by atoms with Crippen LogP contribution < -0.4 is 0 Å². The number of carbonyl (C=O) groups is 1. The lowest BCUT2D eigenvalue weighted by Crippen LogP contribution is -2.40. The summed E-state index contributed by atoms with van der Waals surface area (Å²) in [5, 5.41) is 8.18. The fourth-order valence-corrected chi connectivity index (χ4v) is 3.31. The summed E-state index contributed by atoms with van der Waals surface area (Å²) < 4.78 is 6.98. The first-order valence-corrected chi connectivity index (χ1v) is 8.83. The lowest BCUT2D eigenvalue weighted by Gasteiger charge is -2.27. The molecule has 0 bridgehead atoms. The number of hydrogen-bond donors (Lipinski definition) is 0.